The van der Waals surface area contributed by atoms with Gasteiger partial charge in [-0.25, -0.2) is 0 Å². The lowest BCUT2D eigenvalue weighted by molar-refractivity contribution is 0.129. The van der Waals surface area contributed by atoms with E-state index in [0.29, 0.717) is 12.0 Å². The van der Waals surface area contributed by atoms with E-state index in [2.05, 4.69) is 75.4 Å². The molecule has 7 heteroatoms. The van der Waals surface area contributed by atoms with Crippen molar-refractivity contribution in [3.05, 3.63) is 71.5 Å². The maximum absolute atomic E-state index is 5.84. The van der Waals surface area contributed by atoms with Gasteiger partial charge in [-0.05, 0) is 68.3 Å². The second kappa shape index (κ2) is 11.8. The van der Waals surface area contributed by atoms with Gasteiger partial charge < -0.3 is 9.30 Å². The maximum atomic E-state index is 5.84. The molecule has 2 fully saturated rings. The fraction of sp³-hybridized carbons (Fsp3) is 0.481. The molecule has 0 spiro atoms. The van der Waals surface area contributed by atoms with Crippen molar-refractivity contribution in [2.75, 3.05) is 31.7 Å². The summed E-state index contributed by atoms with van der Waals surface area (Å²) in [6.07, 6.45) is 7.07. The topological polar surface area (TPSA) is 43.2 Å². The minimum atomic E-state index is 0.351. The Labute approximate surface area is 211 Å². The molecule has 3 heterocycles. The fourth-order valence-electron chi connectivity index (χ4n) is 4.91. The van der Waals surface area contributed by atoms with E-state index in [-0.39, 0.29) is 0 Å². The Kier molecular flexibility index (Phi) is 8.27. The van der Waals surface area contributed by atoms with E-state index < -0.39 is 0 Å². The van der Waals surface area contributed by atoms with Gasteiger partial charge in [0.05, 0.1) is 12.6 Å². The summed E-state index contributed by atoms with van der Waals surface area (Å²) in [5, 5.41) is 10.4. The Bertz CT molecular complexity index is 1030. The molecule has 0 N–H and O–H groups in total. The van der Waals surface area contributed by atoms with E-state index in [0.717, 1.165) is 68.8 Å². The first-order chi connectivity index (χ1) is 16.8. The van der Waals surface area contributed by atoms with Gasteiger partial charge in [-0.1, -0.05) is 54.2 Å². The number of aromatic nitrogens is 3. The van der Waals surface area contributed by atoms with Gasteiger partial charge in [0, 0.05) is 29.7 Å². The van der Waals surface area contributed by atoms with E-state index >= 15 is 0 Å². The zero-order valence-corrected chi connectivity index (χ0v) is 21.6. The van der Waals surface area contributed by atoms with E-state index in [1.165, 1.54) is 22.4 Å². The van der Waals surface area contributed by atoms with Crippen LogP contribution in [-0.2, 0) is 17.8 Å². The predicted molar refractivity (Wildman–Crippen MR) is 141 cm³/mol. The van der Waals surface area contributed by atoms with E-state index in [9.17, 15) is 0 Å². The molecule has 5 nitrogen and oxygen atoms in total. The quantitative estimate of drug-likeness (QED) is 0.356. The second-order valence-electron chi connectivity index (χ2n) is 9.26. The number of benzene rings is 2. The van der Waals surface area contributed by atoms with Crippen LogP contribution in [0.2, 0.25) is 0 Å². The van der Waals surface area contributed by atoms with Crippen molar-refractivity contribution >= 4 is 23.5 Å². The number of thioether (sulfide) groups is 2. The standard InChI is InChI=1S/C27H34N4OS2/c1-33-25-11-9-22(10-12-25)18-30-15-13-23(14-16-30)26-28-29-27(34-20-24-8-5-17-32-24)31(26)19-21-6-3-2-4-7-21/h2-4,6-7,9-12,23-24H,5,8,13-20H2,1H3/t24-/m1/s1. The van der Waals surface area contributed by atoms with Gasteiger partial charge in [0.2, 0.25) is 0 Å². The first-order valence-electron chi connectivity index (χ1n) is 12.3. The summed E-state index contributed by atoms with van der Waals surface area (Å²) in [5.74, 6) is 2.58. The molecule has 0 aliphatic carbocycles. The summed E-state index contributed by atoms with van der Waals surface area (Å²) >= 11 is 3.60. The Morgan fingerprint density at radius 1 is 0.912 bits per heavy atom. The number of nitrogens with zero attached hydrogens (tertiary/aromatic N) is 4. The van der Waals surface area contributed by atoms with E-state index in [4.69, 9.17) is 9.84 Å². The first kappa shape index (κ1) is 23.9. The number of ether oxygens (including phenoxy) is 1. The van der Waals surface area contributed by atoms with Crippen molar-refractivity contribution < 1.29 is 4.74 Å². The fourth-order valence-corrected chi connectivity index (χ4v) is 6.32. The summed E-state index contributed by atoms with van der Waals surface area (Å²) in [6.45, 7) is 4.96. The van der Waals surface area contributed by atoms with Crippen LogP contribution in [0.1, 0.15) is 48.6 Å². The molecule has 1 aromatic heterocycles. The number of rotatable bonds is 9. The number of piperidine rings is 1. The van der Waals surface area contributed by atoms with Crippen molar-refractivity contribution in [3.63, 3.8) is 0 Å². The third-order valence-electron chi connectivity index (χ3n) is 6.87. The number of hydrogen-bond donors (Lipinski definition) is 0. The minimum Gasteiger partial charge on any atom is -0.377 e. The van der Waals surface area contributed by atoms with Crippen LogP contribution in [0.3, 0.4) is 0 Å². The highest BCUT2D eigenvalue weighted by molar-refractivity contribution is 7.99. The van der Waals surface area contributed by atoms with Crippen LogP contribution in [0.25, 0.3) is 0 Å². The van der Waals surface area contributed by atoms with Gasteiger partial charge in [0.15, 0.2) is 5.16 Å². The summed E-state index contributed by atoms with van der Waals surface area (Å²) in [5.41, 5.74) is 2.70. The molecular weight excluding hydrogens is 460 g/mol. The van der Waals surface area contributed by atoms with Gasteiger partial charge in [-0.3, -0.25) is 4.90 Å². The zero-order chi connectivity index (χ0) is 23.2. The molecule has 2 saturated heterocycles. The number of hydrogen-bond acceptors (Lipinski definition) is 6. The van der Waals surface area contributed by atoms with Crippen molar-refractivity contribution in [1.29, 1.82) is 0 Å². The van der Waals surface area contributed by atoms with Gasteiger partial charge in [-0.2, -0.15) is 0 Å². The van der Waals surface area contributed by atoms with E-state index in [1.807, 2.05) is 0 Å². The lowest BCUT2D eigenvalue weighted by Crippen LogP contribution is -2.33. The zero-order valence-electron chi connectivity index (χ0n) is 19.9. The molecule has 180 valence electrons. The van der Waals surface area contributed by atoms with Gasteiger partial charge in [0.25, 0.3) is 0 Å². The molecule has 0 amide bonds. The van der Waals surface area contributed by atoms with E-state index in [1.54, 1.807) is 23.5 Å². The van der Waals surface area contributed by atoms with Crippen LogP contribution in [0.5, 0.6) is 0 Å². The molecule has 3 aromatic rings. The van der Waals surface area contributed by atoms with Crippen molar-refractivity contribution in [2.24, 2.45) is 0 Å². The molecule has 0 bridgehead atoms. The Hall–Kier alpha value is -1.80. The Balaban J connectivity index is 1.25. The molecule has 1 atom stereocenters. The molecule has 34 heavy (non-hydrogen) atoms. The molecule has 5 rings (SSSR count). The normalized spacial score (nSPS) is 19.6. The van der Waals surface area contributed by atoms with Crippen LogP contribution < -0.4 is 0 Å². The first-order valence-corrected chi connectivity index (χ1v) is 14.6. The largest absolute Gasteiger partial charge is 0.377 e. The summed E-state index contributed by atoms with van der Waals surface area (Å²) in [4.78, 5) is 3.91. The Morgan fingerprint density at radius 2 is 1.68 bits per heavy atom. The molecule has 2 aliphatic heterocycles. The highest BCUT2D eigenvalue weighted by atomic mass is 32.2. The van der Waals surface area contributed by atoms with Crippen molar-refractivity contribution in [2.45, 2.75) is 60.8 Å². The Morgan fingerprint density at radius 3 is 2.38 bits per heavy atom. The van der Waals surface area contributed by atoms with Gasteiger partial charge in [0.1, 0.15) is 5.82 Å². The SMILES string of the molecule is CSc1ccc(CN2CCC(c3nnc(SC[C@H]4CCCO4)n3Cc3ccccc3)CC2)cc1. The highest BCUT2D eigenvalue weighted by Crippen LogP contribution is 2.32. The molecule has 2 aromatic carbocycles. The lowest BCUT2D eigenvalue weighted by atomic mass is 9.95. The third-order valence-corrected chi connectivity index (χ3v) is 8.71. The summed E-state index contributed by atoms with van der Waals surface area (Å²) in [7, 11) is 0. The lowest BCUT2D eigenvalue weighted by Gasteiger charge is -2.31. The molecule has 2 aliphatic rings. The van der Waals surface area contributed by atoms with Crippen LogP contribution in [-0.4, -0.2) is 57.5 Å². The highest BCUT2D eigenvalue weighted by Gasteiger charge is 2.27. The minimum absolute atomic E-state index is 0.351. The molecule has 0 unspecified atom stereocenters. The molecule has 0 saturated carbocycles. The smallest absolute Gasteiger partial charge is 0.191 e. The van der Waals surface area contributed by atoms with Crippen LogP contribution in [0.4, 0.5) is 0 Å². The second-order valence-corrected chi connectivity index (χ2v) is 11.1. The summed E-state index contributed by atoms with van der Waals surface area (Å²) in [6, 6.07) is 19.7. The van der Waals surface area contributed by atoms with Crippen molar-refractivity contribution in [1.82, 2.24) is 19.7 Å². The average molecular weight is 495 g/mol. The van der Waals surface area contributed by atoms with Crippen molar-refractivity contribution in [3.8, 4) is 0 Å². The van der Waals surface area contributed by atoms with Gasteiger partial charge >= 0.3 is 0 Å². The average Bonchev–Trinajstić information content (AvgIpc) is 3.55. The van der Waals surface area contributed by atoms with Crippen LogP contribution in [0.15, 0.2) is 64.6 Å². The third kappa shape index (κ3) is 6.06. The van der Waals surface area contributed by atoms with Gasteiger partial charge in [-0.15, -0.1) is 22.0 Å². The summed E-state index contributed by atoms with van der Waals surface area (Å²) < 4.78 is 8.22. The maximum Gasteiger partial charge on any atom is 0.191 e. The molecular formula is C27H34N4OS2. The number of likely N-dealkylation sites (tertiary alicyclic amines) is 1. The van der Waals surface area contributed by atoms with Crippen LogP contribution >= 0.6 is 23.5 Å². The van der Waals surface area contributed by atoms with Crippen LogP contribution in [0, 0.1) is 0 Å². The monoisotopic (exact) mass is 494 g/mol. The molecule has 0 radical (unpaired) electrons. The predicted octanol–water partition coefficient (Wildman–Crippen LogP) is 5.70.